The van der Waals surface area contributed by atoms with E-state index in [1.165, 1.54) is 12.0 Å². The third kappa shape index (κ3) is 4.03. The second-order valence-corrected chi connectivity index (χ2v) is 8.87. The molecule has 1 fully saturated rings. The van der Waals surface area contributed by atoms with E-state index in [9.17, 15) is 19.5 Å². The number of Topliss-reactive ketones (excluding diaryl/α,β-unsaturated/α-hetero) is 1. The van der Waals surface area contributed by atoms with Crippen molar-refractivity contribution in [1.29, 1.82) is 0 Å². The summed E-state index contributed by atoms with van der Waals surface area (Å²) >= 11 is 3.40. The minimum absolute atomic E-state index is 0.0437. The number of aliphatic hydroxyl groups is 1. The van der Waals surface area contributed by atoms with Gasteiger partial charge in [-0.1, -0.05) is 34.1 Å². The molecule has 34 heavy (non-hydrogen) atoms. The summed E-state index contributed by atoms with van der Waals surface area (Å²) in [7, 11) is 1.26. The number of ketones is 1. The number of benzene rings is 1. The number of carbonyl (C=O) groups excluding carboxylic acids is 3. The van der Waals surface area contributed by atoms with E-state index in [1.54, 1.807) is 44.4 Å². The van der Waals surface area contributed by atoms with Crippen LogP contribution in [-0.2, 0) is 20.9 Å². The summed E-state index contributed by atoms with van der Waals surface area (Å²) in [6.45, 7) is 3.45. The molecule has 0 aliphatic carbocycles. The van der Waals surface area contributed by atoms with Crippen molar-refractivity contribution in [2.24, 2.45) is 0 Å². The number of ether oxygens (including phenoxy) is 1. The molecule has 1 amide bonds. The molecule has 1 aliphatic heterocycles. The number of likely N-dealkylation sites (tertiary alicyclic amines) is 1. The third-order valence-corrected chi connectivity index (χ3v) is 6.39. The molecule has 9 heteroatoms. The summed E-state index contributed by atoms with van der Waals surface area (Å²) in [6.07, 6.45) is 3.25. The Bertz CT molecular complexity index is 1310. The fraction of sp³-hybridized carbons (Fsp3) is 0.200. The molecule has 0 unspecified atom stereocenters. The number of methoxy groups -OCH3 is 1. The van der Waals surface area contributed by atoms with Gasteiger partial charge in [0.25, 0.3) is 11.7 Å². The highest BCUT2D eigenvalue weighted by Crippen LogP contribution is 2.41. The zero-order chi connectivity index (χ0) is 24.6. The molecule has 0 saturated carbocycles. The van der Waals surface area contributed by atoms with Gasteiger partial charge in [-0.05, 0) is 48.7 Å². The van der Waals surface area contributed by atoms with Crippen LogP contribution in [0.4, 0.5) is 0 Å². The molecule has 2 N–H and O–H groups in total. The molecular weight excluding hydrogens is 502 g/mol. The lowest BCUT2D eigenvalue weighted by Gasteiger charge is -2.25. The number of hydrogen-bond donors (Lipinski definition) is 2. The zero-order valence-corrected chi connectivity index (χ0v) is 20.3. The largest absolute Gasteiger partial charge is 0.507 e. The van der Waals surface area contributed by atoms with Gasteiger partial charge >= 0.3 is 5.97 Å². The first-order chi connectivity index (χ1) is 16.2. The van der Waals surface area contributed by atoms with Gasteiger partial charge in [0, 0.05) is 34.7 Å². The van der Waals surface area contributed by atoms with Crippen LogP contribution in [0.5, 0.6) is 0 Å². The average Bonchev–Trinajstić information content (AvgIpc) is 3.27. The van der Waals surface area contributed by atoms with E-state index in [4.69, 9.17) is 4.74 Å². The molecule has 1 saturated heterocycles. The molecule has 1 aromatic carbocycles. The topological polar surface area (TPSA) is 113 Å². The molecule has 3 heterocycles. The predicted octanol–water partition coefficient (Wildman–Crippen LogP) is 4.20. The number of pyridine rings is 1. The highest BCUT2D eigenvalue weighted by Gasteiger charge is 2.46. The number of aryl methyl sites for hydroxylation is 1. The summed E-state index contributed by atoms with van der Waals surface area (Å²) in [5.74, 6) is -2.46. The maximum Gasteiger partial charge on any atom is 0.354 e. The number of aromatic nitrogens is 2. The number of esters is 1. The molecule has 0 spiro atoms. The van der Waals surface area contributed by atoms with Crippen molar-refractivity contribution in [2.75, 3.05) is 7.11 Å². The van der Waals surface area contributed by atoms with Gasteiger partial charge in [-0.15, -0.1) is 0 Å². The average molecular weight is 524 g/mol. The van der Waals surface area contributed by atoms with Crippen molar-refractivity contribution in [3.63, 3.8) is 0 Å². The Morgan fingerprint density at radius 1 is 1.21 bits per heavy atom. The van der Waals surface area contributed by atoms with Crippen LogP contribution < -0.4 is 0 Å². The number of H-pyrrole nitrogens is 1. The van der Waals surface area contributed by atoms with E-state index >= 15 is 0 Å². The molecule has 0 bridgehead atoms. The van der Waals surface area contributed by atoms with Gasteiger partial charge in [0.15, 0.2) is 0 Å². The van der Waals surface area contributed by atoms with Gasteiger partial charge in [0.05, 0.1) is 18.7 Å². The van der Waals surface area contributed by atoms with E-state index in [1.807, 2.05) is 18.2 Å². The predicted molar refractivity (Wildman–Crippen MR) is 128 cm³/mol. The molecule has 1 aliphatic rings. The van der Waals surface area contributed by atoms with E-state index in [-0.39, 0.29) is 23.6 Å². The summed E-state index contributed by atoms with van der Waals surface area (Å²) < 4.78 is 5.64. The lowest BCUT2D eigenvalue weighted by Crippen LogP contribution is -2.29. The first-order valence-electron chi connectivity index (χ1n) is 10.4. The number of nitrogens with one attached hydrogen (secondary N) is 1. The third-order valence-electron chi connectivity index (χ3n) is 5.87. The zero-order valence-electron chi connectivity index (χ0n) is 18.8. The van der Waals surface area contributed by atoms with Crippen LogP contribution >= 0.6 is 15.9 Å². The van der Waals surface area contributed by atoms with Crippen LogP contribution in [0.25, 0.3) is 5.76 Å². The van der Waals surface area contributed by atoms with Gasteiger partial charge in [-0.25, -0.2) is 4.79 Å². The van der Waals surface area contributed by atoms with Crippen LogP contribution in [-0.4, -0.2) is 44.7 Å². The van der Waals surface area contributed by atoms with Gasteiger partial charge in [0.1, 0.15) is 11.5 Å². The molecular formula is C25H22BrN3O5. The normalized spacial score (nSPS) is 17.3. The molecule has 174 valence electrons. The van der Waals surface area contributed by atoms with Gasteiger partial charge in [-0.3, -0.25) is 14.6 Å². The smallest absolute Gasteiger partial charge is 0.354 e. The number of rotatable bonds is 5. The van der Waals surface area contributed by atoms with E-state index in [2.05, 4.69) is 25.9 Å². The number of halogens is 1. The summed E-state index contributed by atoms with van der Waals surface area (Å²) in [6, 6.07) is 9.93. The minimum Gasteiger partial charge on any atom is -0.507 e. The minimum atomic E-state index is -0.830. The second-order valence-electron chi connectivity index (χ2n) is 7.96. The quantitative estimate of drug-likeness (QED) is 0.224. The number of aliphatic hydroxyl groups excluding tert-OH is 1. The fourth-order valence-electron chi connectivity index (χ4n) is 4.27. The number of carbonyl (C=O) groups is 3. The number of amides is 1. The van der Waals surface area contributed by atoms with Gasteiger partial charge in [-0.2, -0.15) is 0 Å². The Kier molecular flexibility index (Phi) is 6.39. The van der Waals surface area contributed by atoms with Crippen molar-refractivity contribution in [1.82, 2.24) is 14.9 Å². The molecule has 1 atom stereocenters. The summed E-state index contributed by atoms with van der Waals surface area (Å²) in [5, 5.41) is 11.4. The summed E-state index contributed by atoms with van der Waals surface area (Å²) in [5.41, 5.74) is 2.73. The molecule has 4 rings (SSSR count). The summed E-state index contributed by atoms with van der Waals surface area (Å²) in [4.78, 5) is 47.0. The Morgan fingerprint density at radius 3 is 2.53 bits per heavy atom. The van der Waals surface area contributed by atoms with Crippen molar-refractivity contribution in [2.45, 2.75) is 26.4 Å². The van der Waals surface area contributed by atoms with Crippen LogP contribution in [0.15, 0.2) is 58.8 Å². The lowest BCUT2D eigenvalue weighted by atomic mass is 9.94. The number of nitrogens with zero attached hydrogens (tertiary/aromatic N) is 2. The monoisotopic (exact) mass is 523 g/mol. The van der Waals surface area contributed by atoms with E-state index in [0.29, 0.717) is 22.4 Å². The van der Waals surface area contributed by atoms with Crippen LogP contribution in [0.2, 0.25) is 0 Å². The molecule has 0 radical (unpaired) electrons. The van der Waals surface area contributed by atoms with Crippen molar-refractivity contribution in [3.8, 4) is 0 Å². The molecule has 2 aromatic heterocycles. The van der Waals surface area contributed by atoms with Crippen molar-refractivity contribution >= 4 is 39.3 Å². The second kappa shape index (κ2) is 9.26. The van der Waals surface area contributed by atoms with Crippen LogP contribution in [0.1, 0.15) is 44.5 Å². The van der Waals surface area contributed by atoms with Gasteiger partial charge in [0.2, 0.25) is 0 Å². The maximum absolute atomic E-state index is 13.3. The van der Waals surface area contributed by atoms with Crippen molar-refractivity contribution < 1.29 is 24.2 Å². The Balaban J connectivity index is 1.91. The Hall–Kier alpha value is -3.72. The van der Waals surface area contributed by atoms with Gasteiger partial charge < -0.3 is 19.7 Å². The van der Waals surface area contributed by atoms with Crippen molar-refractivity contribution in [3.05, 3.63) is 92.5 Å². The maximum atomic E-state index is 13.3. The molecule has 8 nitrogen and oxygen atoms in total. The van der Waals surface area contributed by atoms with E-state index < -0.39 is 23.7 Å². The SMILES string of the molecule is COC(=O)c1[nH]c(C)c(/C(O)=C2\C(=O)C(=O)N(Cc3cccnc3)[C@H]2c2ccc(Br)cc2)c1C. The van der Waals surface area contributed by atoms with Crippen LogP contribution in [0, 0.1) is 13.8 Å². The Morgan fingerprint density at radius 2 is 1.91 bits per heavy atom. The fourth-order valence-corrected chi connectivity index (χ4v) is 4.53. The number of hydrogen-bond acceptors (Lipinski definition) is 6. The lowest BCUT2D eigenvalue weighted by molar-refractivity contribution is -0.140. The first-order valence-corrected chi connectivity index (χ1v) is 11.2. The Labute approximate surface area is 204 Å². The highest BCUT2D eigenvalue weighted by molar-refractivity contribution is 9.10. The van der Waals surface area contributed by atoms with E-state index in [0.717, 1.165) is 10.0 Å². The number of aromatic amines is 1. The molecule has 3 aromatic rings. The highest BCUT2D eigenvalue weighted by atomic mass is 79.9. The standard InChI is InChI=1S/C25H22BrN3O5/c1-13-18(14(2)28-20(13)25(33)34-3)22(30)19-21(16-6-8-17(26)9-7-16)29(24(32)23(19)31)12-15-5-4-10-27-11-15/h4-11,21,28,30H,12H2,1-3H3/b22-19+/t21-/m0/s1. The van der Waals surface area contributed by atoms with Crippen LogP contribution in [0.3, 0.4) is 0 Å². The first kappa shape index (κ1) is 23.4.